The van der Waals surface area contributed by atoms with Crippen LogP contribution in [0.15, 0.2) is 24.3 Å². The van der Waals surface area contributed by atoms with Crippen LogP contribution in [0.4, 0.5) is 5.69 Å². The third-order valence-corrected chi connectivity index (χ3v) is 2.17. The summed E-state index contributed by atoms with van der Waals surface area (Å²) in [6, 6.07) is 7.14. The molecule has 94 valence electrons. The maximum atomic E-state index is 11.5. The van der Waals surface area contributed by atoms with Gasteiger partial charge < -0.3 is 20.5 Å². The van der Waals surface area contributed by atoms with Gasteiger partial charge in [0.15, 0.2) is 0 Å². The van der Waals surface area contributed by atoms with Gasteiger partial charge in [0.1, 0.15) is 5.75 Å². The van der Waals surface area contributed by atoms with Crippen LogP contribution >= 0.6 is 0 Å². The Balaban J connectivity index is 2.29. The van der Waals surface area contributed by atoms with E-state index in [9.17, 15) is 4.79 Å². The Bertz CT molecular complexity index is 338. The molecule has 0 unspecified atom stereocenters. The summed E-state index contributed by atoms with van der Waals surface area (Å²) < 4.78 is 5.02. The quantitative estimate of drug-likeness (QED) is 0.609. The minimum absolute atomic E-state index is 0.104. The van der Waals surface area contributed by atoms with Crippen molar-refractivity contribution < 1.29 is 14.6 Å². The van der Waals surface area contributed by atoms with Gasteiger partial charge in [-0.05, 0) is 37.2 Å². The monoisotopic (exact) mass is 238 g/mol. The maximum absolute atomic E-state index is 11.5. The number of hydrogen-bond acceptors (Lipinski definition) is 4. The van der Waals surface area contributed by atoms with E-state index in [1.807, 2.05) is 0 Å². The maximum Gasteiger partial charge on any atom is 0.238 e. The highest BCUT2D eigenvalue weighted by atomic mass is 16.5. The van der Waals surface area contributed by atoms with E-state index in [4.69, 9.17) is 9.84 Å². The third kappa shape index (κ3) is 5.33. The Kier molecular flexibility index (Phi) is 6.06. The molecule has 0 heterocycles. The molecule has 0 aromatic heterocycles. The summed E-state index contributed by atoms with van der Waals surface area (Å²) in [7, 11) is 1.60. The van der Waals surface area contributed by atoms with Crippen LogP contribution < -0.4 is 15.4 Å². The fraction of sp³-hybridized carbons (Fsp3) is 0.417. The lowest BCUT2D eigenvalue weighted by molar-refractivity contribution is -0.115. The average molecular weight is 238 g/mol. The number of amides is 1. The van der Waals surface area contributed by atoms with Crippen LogP contribution in [0.25, 0.3) is 0 Å². The van der Waals surface area contributed by atoms with E-state index in [-0.39, 0.29) is 19.1 Å². The first-order valence-corrected chi connectivity index (χ1v) is 5.51. The summed E-state index contributed by atoms with van der Waals surface area (Å²) in [6.45, 7) is 1.01. The predicted octanol–water partition coefficient (Wildman–Crippen LogP) is 0.606. The summed E-state index contributed by atoms with van der Waals surface area (Å²) in [6.07, 6.45) is 0.649. The topological polar surface area (TPSA) is 70.6 Å². The second-order valence-electron chi connectivity index (χ2n) is 3.53. The second kappa shape index (κ2) is 7.65. The van der Waals surface area contributed by atoms with Crippen LogP contribution in [-0.2, 0) is 4.79 Å². The van der Waals surface area contributed by atoms with Crippen molar-refractivity contribution in [1.29, 1.82) is 0 Å². The van der Waals surface area contributed by atoms with Gasteiger partial charge in [-0.1, -0.05) is 0 Å². The second-order valence-corrected chi connectivity index (χ2v) is 3.53. The standard InChI is InChI=1S/C12H18N2O3/c1-17-11-5-3-10(4-6-11)14-12(16)9-13-7-2-8-15/h3-6,13,15H,2,7-9H2,1H3,(H,14,16). The number of anilines is 1. The molecule has 0 fully saturated rings. The Morgan fingerprint density at radius 1 is 1.35 bits per heavy atom. The number of ether oxygens (including phenoxy) is 1. The number of carbonyl (C=O) groups excluding carboxylic acids is 1. The number of aliphatic hydroxyl groups excluding tert-OH is 1. The van der Waals surface area contributed by atoms with Gasteiger partial charge in [0.25, 0.3) is 0 Å². The molecule has 0 saturated carbocycles. The fourth-order valence-electron chi connectivity index (χ4n) is 1.29. The van der Waals surface area contributed by atoms with Crippen molar-refractivity contribution in [3.05, 3.63) is 24.3 Å². The molecule has 0 bridgehead atoms. The molecule has 17 heavy (non-hydrogen) atoms. The smallest absolute Gasteiger partial charge is 0.238 e. The summed E-state index contributed by atoms with van der Waals surface area (Å²) in [5, 5.41) is 14.2. The zero-order valence-corrected chi connectivity index (χ0v) is 9.90. The number of nitrogens with one attached hydrogen (secondary N) is 2. The molecule has 0 spiro atoms. The minimum Gasteiger partial charge on any atom is -0.497 e. The SMILES string of the molecule is COc1ccc(NC(=O)CNCCCO)cc1. The summed E-state index contributed by atoms with van der Waals surface area (Å²) in [5.74, 6) is 0.650. The zero-order valence-electron chi connectivity index (χ0n) is 9.90. The van der Waals surface area contributed by atoms with Crippen molar-refractivity contribution in [2.75, 3.05) is 32.1 Å². The van der Waals surface area contributed by atoms with E-state index in [2.05, 4.69) is 10.6 Å². The van der Waals surface area contributed by atoms with Crippen molar-refractivity contribution in [1.82, 2.24) is 5.32 Å². The van der Waals surface area contributed by atoms with Crippen molar-refractivity contribution in [3.8, 4) is 5.75 Å². The molecule has 0 saturated heterocycles. The molecule has 0 aliphatic carbocycles. The molecule has 5 heteroatoms. The van der Waals surface area contributed by atoms with Gasteiger partial charge in [-0.2, -0.15) is 0 Å². The van der Waals surface area contributed by atoms with Gasteiger partial charge in [0.2, 0.25) is 5.91 Å². The highest BCUT2D eigenvalue weighted by Crippen LogP contribution is 2.14. The van der Waals surface area contributed by atoms with E-state index in [1.165, 1.54) is 0 Å². The van der Waals surface area contributed by atoms with E-state index < -0.39 is 0 Å². The first-order chi connectivity index (χ1) is 8.26. The Morgan fingerprint density at radius 3 is 2.65 bits per heavy atom. The lowest BCUT2D eigenvalue weighted by Gasteiger charge is -2.07. The van der Waals surface area contributed by atoms with E-state index in [0.29, 0.717) is 13.0 Å². The molecule has 1 aromatic carbocycles. The van der Waals surface area contributed by atoms with Crippen LogP contribution in [0.3, 0.4) is 0 Å². The summed E-state index contributed by atoms with van der Waals surface area (Å²) in [4.78, 5) is 11.5. The Labute approximate surface area is 101 Å². The van der Waals surface area contributed by atoms with Gasteiger partial charge >= 0.3 is 0 Å². The number of aliphatic hydroxyl groups is 1. The number of carbonyl (C=O) groups is 1. The van der Waals surface area contributed by atoms with Crippen molar-refractivity contribution in [2.24, 2.45) is 0 Å². The van der Waals surface area contributed by atoms with Crippen molar-refractivity contribution in [3.63, 3.8) is 0 Å². The lowest BCUT2D eigenvalue weighted by Crippen LogP contribution is -2.29. The lowest BCUT2D eigenvalue weighted by atomic mass is 10.3. The van der Waals surface area contributed by atoms with Crippen LogP contribution in [0, 0.1) is 0 Å². The Morgan fingerprint density at radius 2 is 2.06 bits per heavy atom. The summed E-state index contributed by atoms with van der Waals surface area (Å²) >= 11 is 0. The normalized spacial score (nSPS) is 10.0. The minimum atomic E-state index is -0.104. The van der Waals surface area contributed by atoms with Crippen molar-refractivity contribution >= 4 is 11.6 Å². The molecule has 0 aliphatic heterocycles. The third-order valence-electron chi connectivity index (χ3n) is 2.17. The average Bonchev–Trinajstić information content (AvgIpc) is 2.36. The van der Waals surface area contributed by atoms with Gasteiger partial charge in [0, 0.05) is 12.3 Å². The first kappa shape index (κ1) is 13.5. The Hall–Kier alpha value is -1.59. The highest BCUT2D eigenvalue weighted by Gasteiger charge is 2.01. The number of methoxy groups -OCH3 is 1. The van der Waals surface area contributed by atoms with Gasteiger partial charge in [-0.15, -0.1) is 0 Å². The fourth-order valence-corrected chi connectivity index (χ4v) is 1.29. The molecule has 0 aliphatic rings. The van der Waals surface area contributed by atoms with Crippen LogP contribution in [0.5, 0.6) is 5.75 Å². The van der Waals surface area contributed by atoms with Gasteiger partial charge in [-0.3, -0.25) is 4.79 Å². The van der Waals surface area contributed by atoms with Crippen molar-refractivity contribution in [2.45, 2.75) is 6.42 Å². The van der Waals surface area contributed by atoms with Gasteiger partial charge in [-0.25, -0.2) is 0 Å². The molecular formula is C12H18N2O3. The molecule has 0 atom stereocenters. The van der Waals surface area contributed by atoms with Crippen LogP contribution in [0.1, 0.15) is 6.42 Å². The largest absolute Gasteiger partial charge is 0.497 e. The molecule has 1 amide bonds. The first-order valence-electron chi connectivity index (χ1n) is 5.51. The molecule has 5 nitrogen and oxygen atoms in total. The zero-order chi connectivity index (χ0) is 12.5. The van der Waals surface area contributed by atoms with E-state index in [0.717, 1.165) is 11.4 Å². The van der Waals surface area contributed by atoms with Crippen LogP contribution in [-0.4, -0.2) is 37.8 Å². The predicted molar refractivity (Wildman–Crippen MR) is 66.2 cm³/mol. The number of hydrogen-bond donors (Lipinski definition) is 3. The number of rotatable bonds is 7. The number of benzene rings is 1. The van der Waals surface area contributed by atoms with Gasteiger partial charge in [0.05, 0.1) is 13.7 Å². The molecule has 1 rings (SSSR count). The molecular weight excluding hydrogens is 220 g/mol. The highest BCUT2D eigenvalue weighted by molar-refractivity contribution is 5.92. The summed E-state index contributed by atoms with van der Waals surface area (Å²) in [5.41, 5.74) is 0.736. The molecule has 1 aromatic rings. The van der Waals surface area contributed by atoms with E-state index >= 15 is 0 Å². The molecule has 3 N–H and O–H groups in total. The molecule has 0 radical (unpaired) electrons. The van der Waals surface area contributed by atoms with Crippen LogP contribution in [0.2, 0.25) is 0 Å². The van der Waals surface area contributed by atoms with E-state index in [1.54, 1.807) is 31.4 Å².